The summed E-state index contributed by atoms with van der Waals surface area (Å²) in [7, 11) is 1.67. The van der Waals surface area contributed by atoms with Crippen LogP contribution in [0.15, 0.2) is 30.3 Å². The van der Waals surface area contributed by atoms with Crippen molar-refractivity contribution in [3.8, 4) is 0 Å². The van der Waals surface area contributed by atoms with E-state index in [0.29, 0.717) is 17.9 Å². The van der Waals surface area contributed by atoms with Crippen molar-refractivity contribution >= 4 is 40.0 Å². The van der Waals surface area contributed by atoms with Gasteiger partial charge in [-0.3, -0.25) is 10.1 Å². The van der Waals surface area contributed by atoms with E-state index in [0.717, 1.165) is 15.6 Å². The van der Waals surface area contributed by atoms with Gasteiger partial charge < -0.3 is 10.6 Å². The van der Waals surface area contributed by atoms with E-state index in [1.165, 1.54) is 11.3 Å². The van der Waals surface area contributed by atoms with Gasteiger partial charge in [0.15, 0.2) is 0 Å². The summed E-state index contributed by atoms with van der Waals surface area (Å²) in [6.45, 7) is 0.616. The summed E-state index contributed by atoms with van der Waals surface area (Å²) in [6.07, 6.45) is 0.776. The van der Waals surface area contributed by atoms with Gasteiger partial charge in [0.1, 0.15) is 11.4 Å². The summed E-state index contributed by atoms with van der Waals surface area (Å²) in [5.74, 6) is 0. The first-order valence-electron chi connectivity index (χ1n) is 6.05. The Kier molecular flexibility index (Phi) is 4.81. The number of hydrogen-bond acceptors (Lipinski definition) is 5. The van der Waals surface area contributed by atoms with Gasteiger partial charge in [0.25, 0.3) is 0 Å². The summed E-state index contributed by atoms with van der Waals surface area (Å²) < 4.78 is 0.753. The molecule has 0 aliphatic heterocycles. The van der Waals surface area contributed by atoms with Crippen molar-refractivity contribution in [2.45, 2.75) is 6.42 Å². The zero-order valence-electron chi connectivity index (χ0n) is 10.9. The first kappa shape index (κ1) is 14.6. The molecular weight excluding hydrogens is 298 g/mol. The molecule has 0 fully saturated rings. The van der Waals surface area contributed by atoms with Crippen LogP contribution in [0.25, 0.3) is 0 Å². The van der Waals surface area contributed by atoms with Crippen molar-refractivity contribution < 1.29 is 4.92 Å². The lowest BCUT2D eigenvalue weighted by molar-refractivity contribution is -0.383. The molecule has 0 aliphatic carbocycles. The van der Waals surface area contributed by atoms with E-state index in [4.69, 9.17) is 11.6 Å². The fourth-order valence-corrected chi connectivity index (χ4v) is 2.98. The van der Waals surface area contributed by atoms with Crippen LogP contribution in [0, 0.1) is 10.1 Å². The number of para-hydroxylation sites is 1. The first-order valence-corrected chi connectivity index (χ1v) is 7.24. The van der Waals surface area contributed by atoms with Gasteiger partial charge in [0.2, 0.25) is 0 Å². The molecule has 0 atom stereocenters. The molecule has 0 radical (unpaired) electrons. The SMILES string of the molecule is CNc1cccc(NCCc2ccc(Cl)s2)c1[N+](=O)[O-]. The average molecular weight is 312 g/mol. The number of halogens is 1. The summed E-state index contributed by atoms with van der Waals surface area (Å²) in [5, 5.41) is 17.1. The number of nitro groups is 1. The lowest BCUT2D eigenvalue weighted by atomic mass is 10.2. The Bertz CT molecular complexity index is 615. The largest absolute Gasteiger partial charge is 0.382 e. The molecule has 7 heteroatoms. The Morgan fingerprint density at radius 2 is 2.05 bits per heavy atom. The maximum Gasteiger partial charge on any atom is 0.315 e. The molecule has 5 nitrogen and oxygen atoms in total. The molecule has 0 saturated heterocycles. The lowest BCUT2D eigenvalue weighted by Gasteiger charge is -2.09. The Hall–Kier alpha value is -1.79. The molecule has 0 aliphatic rings. The van der Waals surface area contributed by atoms with Crippen LogP contribution in [0.2, 0.25) is 4.34 Å². The maximum absolute atomic E-state index is 11.1. The van der Waals surface area contributed by atoms with Crippen LogP contribution in [0.4, 0.5) is 17.1 Å². The van der Waals surface area contributed by atoms with Gasteiger partial charge in [-0.15, -0.1) is 11.3 Å². The number of nitro benzene ring substituents is 1. The Morgan fingerprint density at radius 1 is 1.30 bits per heavy atom. The molecule has 0 amide bonds. The number of rotatable bonds is 6. The second-order valence-corrected chi connectivity index (χ2v) is 5.89. The molecule has 0 spiro atoms. The standard InChI is InChI=1S/C13H14ClN3O2S/c1-15-10-3-2-4-11(13(10)17(18)19)16-8-7-9-5-6-12(14)20-9/h2-6,15-16H,7-8H2,1H3. The Balaban J connectivity index is 2.07. The van der Waals surface area contributed by atoms with Crippen LogP contribution in [0.5, 0.6) is 0 Å². The molecule has 1 aromatic carbocycles. The number of nitrogens with one attached hydrogen (secondary N) is 2. The van der Waals surface area contributed by atoms with Crippen LogP contribution >= 0.6 is 22.9 Å². The lowest BCUT2D eigenvalue weighted by Crippen LogP contribution is -2.07. The van der Waals surface area contributed by atoms with E-state index < -0.39 is 0 Å². The zero-order valence-corrected chi connectivity index (χ0v) is 12.4. The molecule has 1 heterocycles. The predicted molar refractivity (Wildman–Crippen MR) is 84.2 cm³/mol. The minimum Gasteiger partial charge on any atom is -0.382 e. The topological polar surface area (TPSA) is 67.2 Å². The fraction of sp³-hybridized carbons (Fsp3) is 0.231. The molecule has 106 valence electrons. The van der Waals surface area contributed by atoms with Crippen molar-refractivity contribution in [1.82, 2.24) is 0 Å². The highest BCUT2D eigenvalue weighted by Crippen LogP contribution is 2.32. The third-order valence-electron chi connectivity index (χ3n) is 2.80. The van der Waals surface area contributed by atoms with Crippen LogP contribution < -0.4 is 10.6 Å². The molecule has 0 unspecified atom stereocenters. The van der Waals surface area contributed by atoms with Crippen molar-refractivity contribution in [3.05, 3.63) is 49.7 Å². The van der Waals surface area contributed by atoms with E-state index in [1.54, 1.807) is 25.2 Å². The fourth-order valence-electron chi connectivity index (χ4n) is 1.89. The van der Waals surface area contributed by atoms with Gasteiger partial charge in [-0.05, 0) is 30.7 Å². The van der Waals surface area contributed by atoms with Crippen molar-refractivity contribution in [2.75, 3.05) is 24.2 Å². The quantitative estimate of drug-likeness (QED) is 0.625. The summed E-state index contributed by atoms with van der Waals surface area (Å²) in [6, 6.07) is 8.99. The van der Waals surface area contributed by atoms with E-state index in [-0.39, 0.29) is 10.6 Å². The third-order valence-corrected chi connectivity index (χ3v) is 4.09. The first-order chi connectivity index (χ1) is 9.61. The second kappa shape index (κ2) is 6.58. The number of nitrogens with zero attached hydrogens (tertiary/aromatic N) is 1. The number of benzene rings is 1. The van der Waals surface area contributed by atoms with E-state index >= 15 is 0 Å². The van der Waals surface area contributed by atoms with Gasteiger partial charge >= 0.3 is 5.69 Å². The number of anilines is 2. The molecule has 2 N–H and O–H groups in total. The highest BCUT2D eigenvalue weighted by atomic mass is 35.5. The van der Waals surface area contributed by atoms with Crippen LogP contribution in [0.3, 0.4) is 0 Å². The zero-order chi connectivity index (χ0) is 14.5. The van der Waals surface area contributed by atoms with Gasteiger partial charge in [-0.2, -0.15) is 0 Å². The molecule has 0 bridgehead atoms. The highest BCUT2D eigenvalue weighted by Gasteiger charge is 2.18. The van der Waals surface area contributed by atoms with Gasteiger partial charge in [-0.25, -0.2) is 0 Å². The van der Waals surface area contributed by atoms with E-state index in [1.807, 2.05) is 12.1 Å². The minimum absolute atomic E-state index is 0.0687. The van der Waals surface area contributed by atoms with Crippen LogP contribution in [-0.2, 0) is 6.42 Å². The van der Waals surface area contributed by atoms with Gasteiger partial charge in [0, 0.05) is 18.5 Å². The summed E-state index contributed by atoms with van der Waals surface area (Å²) in [4.78, 5) is 11.9. The highest BCUT2D eigenvalue weighted by molar-refractivity contribution is 7.16. The predicted octanol–water partition coefficient (Wildman–Crippen LogP) is 4.01. The second-order valence-electron chi connectivity index (χ2n) is 4.09. The molecule has 0 saturated carbocycles. The number of thiophene rings is 1. The van der Waals surface area contributed by atoms with Gasteiger partial charge in [-0.1, -0.05) is 17.7 Å². The van der Waals surface area contributed by atoms with Crippen molar-refractivity contribution in [3.63, 3.8) is 0 Å². The molecule has 1 aromatic heterocycles. The molecule has 20 heavy (non-hydrogen) atoms. The number of hydrogen-bond donors (Lipinski definition) is 2. The van der Waals surface area contributed by atoms with Gasteiger partial charge in [0.05, 0.1) is 9.26 Å². The monoisotopic (exact) mass is 311 g/mol. The smallest absolute Gasteiger partial charge is 0.315 e. The molecule has 2 rings (SSSR count). The summed E-state index contributed by atoms with van der Waals surface area (Å²) >= 11 is 7.38. The van der Waals surface area contributed by atoms with Crippen LogP contribution in [-0.4, -0.2) is 18.5 Å². The van der Waals surface area contributed by atoms with Crippen molar-refractivity contribution in [2.24, 2.45) is 0 Å². The average Bonchev–Trinajstić information content (AvgIpc) is 2.83. The van der Waals surface area contributed by atoms with Crippen molar-refractivity contribution in [1.29, 1.82) is 0 Å². The normalized spacial score (nSPS) is 10.3. The van der Waals surface area contributed by atoms with E-state index in [2.05, 4.69) is 10.6 Å². The Labute approximate surface area is 125 Å². The molecule has 2 aromatic rings. The van der Waals surface area contributed by atoms with Crippen LogP contribution in [0.1, 0.15) is 4.88 Å². The summed E-state index contributed by atoms with van der Waals surface area (Å²) in [5.41, 5.74) is 1.09. The Morgan fingerprint density at radius 3 is 2.65 bits per heavy atom. The maximum atomic E-state index is 11.1. The minimum atomic E-state index is -0.379. The molecular formula is C13H14ClN3O2S. The van der Waals surface area contributed by atoms with E-state index in [9.17, 15) is 10.1 Å². The third kappa shape index (κ3) is 3.40.